The molecule has 1 N–H and O–H groups in total. The maximum Gasteiger partial charge on any atom is 0.341 e. The van der Waals surface area contributed by atoms with Crippen molar-refractivity contribution in [3.8, 4) is 12.3 Å². The van der Waals surface area contributed by atoms with Crippen LogP contribution in [0, 0.1) is 19.3 Å². The van der Waals surface area contributed by atoms with Crippen molar-refractivity contribution in [2.45, 2.75) is 45.6 Å². The van der Waals surface area contributed by atoms with E-state index in [0.717, 1.165) is 58.3 Å². The van der Waals surface area contributed by atoms with E-state index in [2.05, 4.69) is 16.2 Å². The number of aryl methyl sites for hydroxylation is 2. The molecule has 0 bridgehead atoms. The molecule has 0 spiro atoms. The molecule has 2 heterocycles. The number of thiazole rings is 1. The highest BCUT2D eigenvalue weighted by atomic mass is 32.2. The van der Waals surface area contributed by atoms with E-state index in [9.17, 15) is 14.4 Å². The summed E-state index contributed by atoms with van der Waals surface area (Å²) >= 11 is 4.05. The van der Waals surface area contributed by atoms with Gasteiger partial charge in [-0.15, -0.1) is 29.5 Å². The number of terminal acetylenes is 1. The molecule has 10 heteroatoms. The number of carbonyl (C=O) groups is 3. The minimum absolute atomic E-state index is 0.0571. The highest BCUT2D eigenvalue weighted by molar-refractivity contribution is 8.00. The molecular formula is C26H27N3O4S3. The molecule has 188 valence electrons. The third-order valence-electron chi connectivity index (χ3n) is 5.83. The number of esters is 1. The number of rotatable bonds is 7. The molecule has 0 unspecified atom stereocenters. The van der Waals surface area contributed by atoms with Crippen molar-refractivity contribution in [2.75, 3.05) is 23.9 Å². The number of benzene rings is 1. The summed E-state index contributed by atoms with van der Waals surface area (Å²) < 4.78 is 7.85. The number of methoxy groups -OCH3 is 1. The van der Waals surface area contributed by atoms with Crippen LogP contribution >= 0.6 is 34.4 Å². The van der Waals surface area contributed by atoms with Crippen LogP contribution in [0.3, 0.4) is 0 Å². The van der Waals surface area contributed by atoms with Gasteiger partial charge >= 0.3 is 5.97 Å². The fourth-order valence-electron chi connectivity index (χ4n) is 4.19. The van der Waals surface area contributed by atoms with Crippen LogP contribution in [0.4, 0.5) is 5.00 Å². The Morgan fingerprint density at radius 1 is 1.19 bits per heavy atom. The minimum Gasteiger partial charge on any atom is -0.465 e. The Hall–Kier alpha value is -2.87. The van der Waals surface area contributed by atoms with Crippen LogP contribution in [-0.4, -0.2) is 41.0 Å². The second-order valence-corrected chi connectivity index (χ2v) is 11.6. The van der Waals surface area contributed by atoms with Crippen LogP contribution in [-0.2, 0) is 33.7 Å². The number of aromatic nitrogens is 1. The summed E-state index contributed by atoms with van der Waals surface area (Å²) in [5.74, 6) is 1.72. The van der Waals surface area contributed by atoms with Gasteiger partial charge in [-0.05, 0) is 55.9 Å². The second kappa shape index (κ2) is 11.9. The van der Waals surface area contributed by atoms with Gasteiger partial charge in [0.15, 0.2) is 4.80 Å². The molecule has 2 aromatic heterocycles. The first-order valence-electron chi connectivity index (χ1n) is 11.6. The van der Waals surface area contributed by atoms with Crippen LogP contribution in [0.1, 0.15) is 45.6 Å². The van der Waals surface area contributed by atoms with Gasteiger partial charge in [0.2, 0.25) is 5.91 Å². The molecule has 1 aromatic carbocycles. The molecule has 0 radical (unpaired) electrons. The predicted molar refractivity (Wildman–Crippen MR) is 147 cm³/mol. The van der Waals surface area contributed by atoms with E-state index in [1.807, 2.05) is 29.7 Å². The Balaban J connectivity index is 1.41. The monoisotopic (exact) mass is 541 g/mol. The lowest BCUT2D eigenvalue weighted by molar-refractivity contribution is -0.115. The molecule has 2 amide bonds. The first-order chi connectivity index (χ1) is 17.4. The van der Waals surface area contributed by atoms with Crippen LogP contribution < -0.4 is 10.1 Å². The van der Waals surface area contributed by atoms with E-state index in [4.69, 9.17) is 11.2 Å². The predicted octanol–water partition coefficient (Wildman–Crippen LogP) is 4.56. The van der Waals surface area contributed by atoms with Gasteiger partial charge in [-0.2, -0.15) is 4.99 Å². The van der Waals surface area contributed by atoms with E-state index >= 15 is 0 Å². The van der Waals surface area contributed by atoms with Gasteiger partial charge in [-0.25, -0.2) is 4.79 Å². The molecule has 0 fully saturated rings. The molecular weight excluding hydrogens is 515 g/mol. The molecule has 1 aliphatic rings. The van der Waals surface area contributed by atoms with Crippen LogP contribution in [0.2, 0.25) is 0 Å². The Kier molecular flexibility index (Phi) is 8.67. The molecule has 1 aliphatic carbocycles. The van der Waals surface area contributed by atoms with E-state index in [1.165, 1.54) is 41.5 Å². The van der Waals surface area contributed by atoms with Gasteiger partial charge in [0.25, 0.3) is 5.91 Å². The van der Waals surface area contributed by atoms with Crippen molar-refractivity contribution in [3.05, 3.63) is 44.6 Å². The largest absolute Gasteiger partial charge is 0.465 e. The molecule has 0 saturated heterocycles. The topological polar surface area (TPSA) is 89.8 Å². The molecule has 0 atom stereocenters. The first-order valence-corrected chi connectivity index (χ1v) is 14.4. The number of thioether (sulfide) groups is 1. The lowest BCUT2D eigenvalue weighted by atomic mass is 10.1. The molecule has 0 saturated carbocycles. The van der Waals surface area contributed by atoms with Crippen molar-refractivity contribution in [2.24, 2.45) is 4.99 Å². The second-order valence-electron chi connectivity index (χ2n) is 8.45. The van der Waals surface area contributed by atoms with Crippen molar-refractivity contribution in [1.29, 1.82) is 0 Å². The van der Waals surface area contributed by atoms with Crippen LogP contribution in [0.15, 0.2) is 23.2 Å². The summed E-state index contributed by atoms with van der Waals surface area (Å²) in [6.07, 6.45) is 10.5. The summed E-state index contributed by atoms with van der Waals surface area (Å²) in [4.78, 5) is 43.6. The zero-order valence-corrected chi connectivity index (χ0v) is 22.7. The number of amides is 2. The van der Waals surface area contributed by atoms with Crippen LogP contribution in [0.25, 0.3) is 10.2 Å². The lowest BCUT2D eigenvalue weighted by Gasteiger charge is -2.07. The maximum atomic E-state index is 12.6. The zero-order chi connectivity index (χ0) is 25.7. The standard InChI is InChI=1S/C26H27N3O4S3/c1-4-12-29-18-11-10-16(2)13-20(18)36-26(29)28-22(31)15-34-14-21(30)27-24-23(25(32)33-3)17-8-6-5-7-9-19(17)35-24/h1,10-11,13H,5-9,12,14-15H2,2-3H3,(H,27,30). The first kappa shape index (κ1) is 26.2. The molecule has 4 rings (SSSR count). The van der Waals surface area contributed by atoms with Crippen molar-refractivity contribution in [1.82, 2.24) is 4.57 Å². The fraction of sp³-hybridized carbons (Fsp3) is 0.385. The number of thiophene rings is 1. The van der Waals surface area contributed by atoms with Crippen molar-refractivity contribution in [3.63, 3.8) is 0 Å². The summed E-state index contributed by atoms with van der Waals surface area (Å²) in [6.45, 7) is 2.33. The minimum atomic E-state index is -0.426. The maximum absolute atomic E-state index is 12.6. The number of hydrogen-bond donors (Lipinski definition) is 1. The Morgan fingerprint density at radius 3 is 2.78 bits per heavy atom. The van der Waals surface area contributed by atoms with Crippen molar-refractivity contribution < 1.29 is 19.1 Å². The Bertz CT molecular complexity index is 1420. The van der Waals surface area contributed by atoms with Gasteiger partial charge < -0.3 is 14.6 Å². The summed E-state index contributed by atoms with van der Waals surface area (Å²) in [6, 6.07) is 6.02. The summed E-state index contributed by atoms with van der Waals surface area (Å²) in [5, 5.41) is 3.40. The zero-order valence-electron chi connectivity index (χ0n) is 20.2. The van der Waals surface area contributed by atoms with Gasteiger partial charge in [0.05, 0.1) is 40.9 Å². The summed E-state index contributed by atoms with van der Waals surface area (Å²) in [5.41, 5.74) is 3.54. The average molecular weight is 542 g/mol. The van der Waals surface area contributed by atoms with Gasteiger partial charge in [0, 0.05) is 4.88 Å². The Morgan fingerprint density at radius 2 is 2.00 bits per heavy atom. The third kappa shape index (κ3) is 5.91. The third-order valence-corrected chi connectivity index (χ3v) is 9.00. The van der Waals surface area contributed by atoms with Gasteiger partial charge in [-0.1, -0.05) is 29.7 Å². The molecule has 36 heavy (non-hydrogen) atoms. The number of carbonyl (C=O) groups excluding carboxylic acids is 3. The molecule has 0 aliphatic heterocycles. The quantitative estimate of drug-likeness (QED) is 0.269. The van der Waals surface area contributed by atoms with E-state index in [1.54, 1.807) is 0 Å². The summed E-state index contributed by atoms with van der Waals surface area (Å²) in [7, 11) is 1.35. The average Bonchev–Trinajstić information content (AvgIpc) is 3.25. The molecule has 3 aromatic rings. The van der Waals surface area contributed by atoms with E-state index in [0.29, 0.717) is 21.9 Å². The normalized spacial score (nSPS) is 13.6. The number of anilines is 1. The lowest BCUT2D eigenvalue weighted by Crippen LogP contribution is -2.19. The van der Waals surface area contributed by atoms with Gasteiger partial charge in [0.1, 0.15) is 5.00 Å². The van der Waals surface area contributed by atoms with Crippen molar-refractivity contribution >= 4 is 67.4 Å². The number of nitrogens with zero attached hydrogens (tertiary/aromatic N) is 2. The fourth-order valence-corrected chi connectivity index (χ4v) is 7.23. The molecule has 7 nitrogen and oxygen atoms in total. The number of fused-ring (bicyclic) bond motifs is 2. The number of hydrogen-bond acceptors (Lipinski definition) is 7. The number of ether oxygens (including phenoxy) is 1. The number of nitrogens with one attached hydrogen (secondary N) is 1. The smallest absolute Gasteiger partial charge is 0.341 e. The SMILES string of the molecule is C#CCn1c(=NC(=O)CSCC(=O)Nc2sc3c(c2C(=O)OC)CCCCC3)sc2cc(C)ccc21. The van der Waals surface area contributed by atoms with Crippen LogP contribution in [0.5, 0.6) is 0 Å². The van der Waals surface area contributed by atoms with E-state index < -0.39 is 5.97 Å². The van der Waals surface area contributed by atoms with E-state index in [-0.39, 0.29) is 23.3 Å². The Labute approximate surface area is 222 Å². The highest BCUT2D eigenvalue weighted by Gasteiger charge is 2.26. The van der Waals surface area contributed by atoms with Gasteiger partial charge in [-0.3, -0.25) is 9.59 Å². The highest BCUT2D eigenvalue weighted by Crippen LogP contribution is 2.38.